The average Bonchev–Trinajstić information content (AvgIpc) is 3.20. The Morgan fingerprint density at radius 1 is 1.15 bits per heavy atom. The standard InChI is InChI=1S/C14H13FN6O2S2.C8H10O/c1-7-20-21-13(24-7)9-6-17-14(19-12(9)16)18-8-3-4-11(10(15)5-8)25(2,22)23;9-7-6-8-4-2-1-3-5-8/h3-6H,1-2H3,(H3,16,17,18,19);1-5,9H,6-7H2. The number of hydrogen-bond donors (Lipinski definition) is 3. The van der Waals surface area contributed by atoms with Gasteiger partial charge in [-0.1, -0.05) is 41.7 Å². The van der Waals surface area contributed by atoms with Gasteiger partial charge in [-0.15, -0.1) is 10.2 Å². The SMILES string of the molecule is Cc1nnc(-c2cnc(Nc3ccc(S(C)(=O)=O)c(F)c3)nc2N)s1.OCCc1ccccc1. The molecule has 0 bridgehead atoms. The molecule has 2 heterocycles. The highest BCUT2D eigenvalue weighted by molar-refractivity contribution is 7.90. The van der Waals surface area contributed by atoms with Crippen molar-refractivity contribution in [1.82, 2.24) is 20.2 Å². The first-order valence-electron chi connectivity index (χ1n) is 10.0. The van der Waals surface area contributed by atoms with E-state index in [0.717, 1.165) is 23.8 Å². The average molecular weight is 503 g/mol. The molecule has 2 aromatic carbocycles. The summed E-state index contributed by atoms with van der Waals surface area (Å²) in [5.74, 6) is -0.516. The van der Waals surface area contributed by atoms with Crippen LogP contribution in [0.3, 0.4) is 0 Å². The quantitative estimate of drug-likeness (QED) is 0.361. The van der Waals surface area contributed by atoms with E-state index in [1.807, 2.05) is 37.3 Å². The van der Waals surface area contributed by atoms with Gasteiger partial charge in [-0.2, -0.15) is 4.98 Å². The van der Waals surface area contributed by atoms with Crippen LogP contribution in [0.5, 0.6) is 0 Å². The molecule has 4 N–H and O–H groups in total. The van der Waals surface area contributed by atoms with E-state index in [4.69, 9.17) is 10.8 Å². The number of aliphatic hydroxyl groups is 1. The summed E-state index contributed by atoms with van der Waals surface area (Å²) in [6.45, 7) is 2.06. The van der Waals surface area contributed by atoms with Gasteiger partial charge in [0.1, 0.15) is 21.5 Å². The summed E-state index contributed by atoms with van der Waals surface area (Å²) in [4.78, 5) is 7.85. The lowest BCUT2D eigenvalue weighted by atomic mass is 10.2. The molecule has 0 spiro atoms. The van der Waals surface area contributed by atoms with Gasteiger partial charge >= 0.3 is 0 Å². The van der Waals surface area contributed by atoms with Crippen molar-refractivity contribution in [2.75, 3.05) is 23.9 Å². The van der Waals surface area contributed by atoms with E-state index in [1.165, 1.54) is 35.2 Å². The topological polar surface area (TPSA) is 144 Å². The van der Waals surface area contributed by atoms with Crippen molar-refractivity contribution in [1.29, 1.82) is 0 Å². The Hall–Kier alpha value is -3.48. The first-order valence-corrected chi connectivity index (χ1v) is 12.7. The molecule has 0 aliphatic heterocycles. The van der Waals surface area contributed by atoms with E-state index in [1.54, 1.807) is 0 Å². The molecular formula is C22H23FN6O3S2. The van der Waals surface area contributed by atoms with Crippen molar-refractivity contribution in [3.05, 3.63) is 71.1 Å². The van der Waals surface area contributed by atoms with Gasteiger partial charge in [0.25, 0.3) is 0 Å². The Morgan fingerprint density at radius 3 is 2.44 bits per heavy atom. The molecule has 0 saturated heterocycles. The third-order valence-corrected chi connectivity index (χ3v) is 6.41. The molecule has 4 aromatic rings. The van der Waals surface area contributed by atoms with Gasteiger partial charge in [-0.05, 0) is 37.1 Å². The maximum Gasteiger partial charge on any atom is 0.229 e. The number of rotatable bonds is 6. The van der Waals surface area contributed by atoms with Gasteiger partial charge in [0.2, 0.25) is 5.95 Å². The molecular weight excluding hydrogens is 479 g/mol. The number of aryl methyl sites for hydroxylation is 1. The molecule has 0 unspecified atom stereocenters. The minimum atomic E-state index is -3.63. The normalized spacial score (nSPS) is 10.9. The van der Waals surface area contributed by atoms with E-state index in [2.05, 4.69) is 25.5 Å². The van der Waals surface area contributed by atoms with Crippen LogP contribution in [0, 0.1) is 12.7 Å². The van der Waals surface area contributed by atoms with Crippen LogP contribution in [0.25, 0.3) is 10.6 Å². The minimum Gasteiger partial charge on any atom is -0.396 e. The summed E-state index contributed by atoms with van der Waals surface area (Å²) in [6, 6.07) is 13.6. The predicted octanol–water partition coefficient (Wildman–Crippen LogP) is 3.39. The molecule has 0 atom stereocenters. The number of aliphatic hydroxyl groups excluding tert-OH is 1. The van der Waals surface area contributed by atoms with Crippen molar-refractivity contribution < 1.29 is 17.9 Å². The van der Waals surface area contributed by atoms with Crippen molar-refractivity contribution in [2.45, 2.75) is 18.2 Å². The largest absolute Gasteiger partial charge is 0.396 e. The number of hydrogen-bond acceptors (Lipinski definition) is 10. The zero-order valence-electron chi connectivity index (χ0n) is 18.4. The third kappa shape index (κ3) is 6.76. The number of nitrogens with two attached hydrogens (primary N) is 1. The smallest absolute Gasteiger partial charge is 0.229 e. The monoisotopic (exact) mass is 502 g/mol. The summed E-state index contributed by atoms with van der Waals surface area (Å²) in [5, 5.41) is 20.6. The van der Waals surface area contributed by atoms with Crippen LogP contribution in [-0.4, -0.2) is 46.6 Å². The van der Waals surface area contributed by atoms with Gasteiger partial charge in [0.15, 0.2) is 14.8 Å². The first kappa shape index (κ1) is 25.1. The first-order chi connectivity index (χ1) is 16.2. The van der Waals surface area contributed by atoms with Gasteiger partial charge in [0, 0.05) is 24.7 Å². The van der Waals surface area contributed by atoms with E-state index in [-0.39, 0.29) is 23.3 Å². The number of anilines is 3. The summed E-state index contributed by atoms with van der Waals surface area (Å²) >= 11 is 1.36. The fourth-order valence-electron chi connectivity index (χ4n) is 2.81. The Balaban J connectivity index is 0.000000302. The predicted molar refractivity (Wildman–Crippen MR) is 130 cm³/mol. The lowest BCUT2D eigenvalue weighted by molar-refractivity contribution is 0.299. The van der Waals surface area contributed by atoms with Crippen molar-refractivity contribution in [2.24, 2.45) is 0 Å². The number of nitrogens with one attached hydrogen (secondary N) is 1. The number of nitrogens with zero attached hydrogens (tertiary/aromatic N) is 4. The molecule has 0 amide bonds. The molecule has 34 heavy (non-hydrogen) atoms. The molecule has 0 aliphatic rings. The lowest BCUT2D eigenvalue weighted by Gasteiger charge is -2.08. The number of benzene rings is 2. The molecule has 2 aromatic heterocycles. The minimum absolute atomic E-state index is 0.147. The van der Waals surface area contributed by atoms with Crippen LogP contribution < -0.4 is 11.1 Å². The summed E-state index contributed by atoms with van der Waals surface area (Å²) in [5.41, 5.74) is 7.96. The fourth-order valence-corrected chi connectivity index (χ4v) is 4.25. The Kier molecular flexibility index (Phi) is 8.21. The fraction of sp³-hybridized carbons (Fsp3) is 0.182. The zero-order chi connectivity index (χ0) is 24.7. The second kappa shape index (κ2) is 11.1. The molecule has 0 fully saturated rings. The van der Waals surface area contributed by atoms with Crippen LogP contribution in [0.15, 0.2) is 59.6 Å². The highest BCUT2D eigenvalue weighted by Crippen LogP contribution is 2.28. The van der Waals surface area contributed by atoms with Crippen LogP contribution in [0.4, 0.5) is 21.8 Å². The molecule has 178 valence electrons. The number of nitrogen functional groups attached to an aromatic ring is 1. The van der Waals surface area contributed by atoms with Crippen LogP contribution >= 0.6 is 11.3 Å². The lowest BCUT2D eigenvalue weighted by Crippen LogP contribution is -2.04. The van der Waals surface area contributed by atoms with E-state index < -0.39 is 15.7 Å². The van der Waals surface area contributed by atoms with E-state index in [9.17, 15) is 12.8 Å². The number of halogens is 1. The number of sulfone groups is 1. The Morgan fingerprint density at radius 2 is 1.88 bits per heavy atom. The molecule has 4 rings (SSSR count). The number of aromatic nitrogens is 4. The summed E-state index contributed by atoms with van der Waals surface area (Å²) in [6.07, 6.45) is 3.20. The maximum absolute atomic E-state index is 13.9. The third-order valence-electron chi connectivity index (χ3n) is 4.41. The maximum atomic E-state index is 13.9. The van der Waals surface area contributed by atoms with Crippen LogP contribution in [0.1, 0.15) is 10.6 Å². The highest BCUT2D eigenvalue weighted by Gasteiger charge is 2.15. The van der Waals surface area contributed by atoms with Crippen molar-refractivity contribution in [3.8, 4) is 10.6 Å². The van der Waals surface area contributed by atoms with E-state index >= 15 is 0 Å². The molecule has 0 aliphatic carbocycles. The molecule has 0 saturated carbocycles. The second-order valence-electron chi connectivity index (χ2n) is 7.12. The van der Waals surface area contributed by atoms with Crippen LogP contribution in [0.2, 0.25) is 0 Å². The van der Waals surface area contributed by atoms with E-state index in [0.29, 0.717) is 16.3 Å². The van der Waals surface area contributed by atoms with Gasteiger partial charge < -0.3 is 16.2 Å². The Labute approximate surface area is 200 Å². The molecule has 12 heteroatoms. The van der Waals surface area contributed by atoms with Gasteiger partial charge in [-0.25, -0.2) is 17.8 Å². The van der Waals surface area contributed by atoms with Gasteiger partial charge in [0.05, 0.1) is 5.56 Å². The zero-order valence-corrected chi connectivity index (χ0v) is 20.1. The molecule has 9 nitrogen and oxygen atoms in total. The van der Waals surface area contributed by atoms with Crippen LogP contribution in [-0.2, 0) is 16.3 Å². The van der Waals surface area contributed by atoms with Crippen molar-refractivity contribution >= 4 is 38.6 Å². The summed E-state index contributed by atoms with van der Waals surface area (Å²) in [7, 11) is -3.63. The highest BCUT2D eigenvalue weighted by atomic mass is 32.2. The molecule has 0 radical (unpaired) electrons. The van der Waals surface area contributed by atoms with Gasteiger partial charge in [-0.3, -0.25) is 0 Å². The Bertz CT molecular complexity index is 1360. The van der Waals surface area contributed by atoms with Crippen molar-refractivity contribution in [3.63, 3.8) is 0 Å². The summed E-state index contributed by atoms with van der Waals surface area (Å²) < 4.78 is 36.8. The second-order valence-corrected chi connectivity index (χ2v) is 10.3.